The van der Waals surface area contributed by atoms with Crippen molar-refractivity contribution in [1.82, 2.24) is 0 Å². The van der Waals surface area contributed by atoms with Gasteiger partial charge in [-0.25, -0.2) is 4.39 Å². The van der Waals surface area contributed by atoms with Gasteiger partial charge in [-0.3, -0.25) is 4.79 Å². The molecule has 1 aliphatic rings. The summed E-state index contributed by atoms with van der Waals surface area (Å²) in [4.78, 5) is 13.2. The fourth-order valence-electron chi connectivity index (χ4n) is 2.63. The minimum Gasteiger partial charge on any atom is -0.481 e. The number of halogens is 1. The first-order valence-electron chi connectivity index (χ1n) is 7.17. The van der Waals surface area contributed by atoms with Gasteiger partial charge in [-0.2, -0.15) is 0 Å². The van der Waals surface area contributed by atoms with Gasteiger partial charge in [0.05, 0.1) is 5.41 Å². The molecule has 4 heteroatoms. The molecule has 0 saturated carbocycles. The maximum Gasteiger partial charge on any atom is 0.309 e. The third-order valence-corrected chi connectivity index (χ3v) is 4.10. The molecular formula is C16H22FNO2. The molecule has 0 saturated heterocycles. The van der Waals surface area contributed by atoms with Crippen molar-refractivity contribution in [3.8, 4) is 0 Å². The molecule has 0 amide bonds. The van der Waals surface area contributed by atoms with Crippen LogP contribution in [0.4, 0.5) is 10.1 Å². The molecule has 0 unspecified atom stereocenters. The van der Waals surface area contributed by atoms with Crippen LogP contribution in [-0.2, 0) is 11.2 Å². The van der Waals surface area contributed by atoms with Gasteiger partial charge in [-0.05, 0) is 50.8 Å². The molecule has 0 radical (unpaired) electrons. The molecule has 3 nitrogen and oxygen atoms in total. The first-order valence-corrected chi connectivity index (χ1v) is 7.17. The molecule has 1 aliphatic heterocycles. The zero-order valence-electron chi connectivity index (χ0n) is 12.2. The Balaban J connectivity index is 1.83. The molecule has 0 fully saturated rings. The topological polar surface area (TPSA) is 40.5 Å². The largest absolute Gasteiger partial charge is 0.481 e. The molecule has 1 aromatic carbocycles. The van der Waals surface area contributed by atoms with E-state index < -0.39 is 11.4 Å². The average Bonchev–Trinajstić information content (AvgIpc) is 2.77. The van der Waals surface area contributed by atoms with E-state index in [0.717, 1.165) is 38.0 Å². The monoisotopic (exact) mass is 279 g/mol. The zero-order valence-corrected chi connectivity index (χ0v) is 12.2. The second kappa shape index (κ2) is 5.81. The summed E-state index contributed by atoms with van der Waals surface area (Å²) in [5.41, 5.74) is 1.55. The van der Waals surface area contributed by atoms with Crippen molar-refractivity contribution in [2.75, 3.05) is 18.0 Å². The number of hydrogen-bond donors (Lipinski definition) is 1. The van der Waals surface area contributed by atoms with Gasteiger partial charge in [0.15, 0.2) is 0 Å². The summed E-state index contributed by atoms with van der Waals surface area (Å²) in [6.45, 7) is 5.32. The highest BCUT2D eigenvalue weighted by atomic mass is 19.1. The summed E-state index contributed by atoms with van der Waals surface area (Å²) >= 11 is 0. The van der Waals surface area contributed by atoms with Crippen LogP contribution in [0.2, 0.25) is 0 Å². The van der Waals surface area contributed by atoms with Gasteiger partial charge in [0.2, 0.25) is 0 Å². The lowest BCUT2D eigenvalue weighted by atomic mass is 9.87. The molecule has 1 N–H and O–H groups in total. The second-order valence-electron chi connectivity index (χ2n) is 6.16. The van der Waals surface area contributed by atoms with Crippen molar-refractivity contribution in [3.05, 3.63) is 29.6 Å². The van der Waals surface area contributed by atoms with E-state index in [2.05, 4.69) is 4.90 Å². The maximum absolute atomic E-state index is 13.3. The fourth-order valence-corrected chi connectivity index (χ4v) is 2.63. The van der Waals surface area contributed by atoms with E-state index in [1.54, 1.807) is 19.9 Å². The Morgan fingerprint density at radius 3 is 2.85 bits per heavy atom. The number of benzene rings is 1. The Bertz CT molecular complexity index is 499. The molecule has 1 aromatic rings. The standard InChI is InChI=1S/C16H22FNO2/c1-16(2,15(19)20)8-3-4-9-18-10-7-12-5-6-13(17)11-14(12)18/h5-6,11H,3-4,7-10H2,1-2H3,(H,19,20). The van der Waals surface area contributed by atoms with Crippen LogP contribution in [0.15, 0.2) is 18.2 Å². The number of hydrogen-bond acceptors (Lipinski definition) is 2. The van der Waals surface area contributed by atoms with Crippen molar-refractivity contribution in [3.63, 3.8) is 0 Å². The Morgan fingerprint density at radius 2 is 2.15 bits per heavy atom. The van der Waals surface area contributed by atoms with E-state index in [0.29, 0.717) is 6.42 Å². The lowest BCUT2D eigenvalue weighted by Crippen LogP contribution is -2.25. The normalized spacial score (nSPS) is 14.4. The number of carbonyl (C=O) groups is 1. The third kappa shape index (κ3) is 3.30. The summed E-state index contributed by atoms with van der Waals surface area (Å²) in [6, 6.07) is 4.97. The van der Waals surface area contributed by atoms with Crippen LogP contribution in [0.5, 0.6) is 0 Å². The lowest BCUT2D eigenvalue weighted by molar-refractivity contribution is -0.147. The van der Waals surface area contributed by atoms with Gasteiger partial charge in [-0.15, -0.1) is 0 Å². The lowest BCUT2D eigenvalue weighted by Gasteiger charge is -2.22. The van der Waals surface area contributed by atoms with Gasteiger partial charge >= 0.3 is 5.97 Å². The van der Waals surface area contributed by atoms with Crippen LogP contribution < -0.4 is 4.90 Å². The molecule has 0 spiro atoms. The van der Waals surface area contributed by atoms with Crippen molar-refractivity contribution in [2.24, 2.45) is 5.41 Å². The Kier molecular flexibility index (Phi) is 4.31. The van der Waals surface area contributed by atoms with Crippen LogP contribution in [0.1, 0.15) is 38.7 Å². The molecular weight excluding hydrogens is 257 g/mol. The third-order valence-electron chi connectivity index (χ3n) is 4.10. The van der Waals surface area contributed by atoms with Crippen LogP contribution in [0, 0.1) is 11.2 Å². The predicted octanol–water partition coefficient (Wildman–Crippen LogP) is 3.47. The minimum absolute atomic E-state index is 0.192. The maximum atomic E-state index is 13.3. The molecule has 110 valence electrons. The second-order valence-corrected chi connectivity index (χ2v) is 6.16. The predicted molar refractivity (Wildman–Crippen MR) is 77.6 cm³/mol. The smallest absolute Gasteiger partial charge is 0.309 e. The van der Waals surface area contributed by atoms with E-state index in [1.165, 1.54) is 11.6 Å². The van der Waals surface area contributed by atoms with Crippen molar-refractivity contribution < 1.29 is 14.3 Å². The number of carboxylic acids is 1. The molecule has 0 aromatic heterocycles. The molecule has 1 heterocycles. The Morgan fingerprint density at radius 1 is 1.40 bits per heavy atom. The number of aliphatic carboxylic acids is 1. The number of anilines is 1. The molecule has 0 atom stereocenters. The molecule has 20 heavy (non-hydrogen) atoms. The minimum atomic E-state index is -0.744. The van der Waals surface area contributed by atoms with Gasteiger partial charge in [0.1, 0.15) is 5.82 Å². The quantitative estimate of drug-likeness (QED) is 0.811. The van der Waals surface area contributed by atoms with Gasteiger partial charge in [0, 0.05) is 18.8 Å². The number of carboxylic acid groups (broad SMARTS) is 1. The van der Waals surface area contributed by atoms with E-state index in [9.17, 15) is 9.18 Å². The van der Waals surface area contributed by atoms with Crippen molar-refractivity contribution >= 4 is 11.7 Å². The number of nitrogens with zero attached hydrogens (tertiary/aromatic N) is 1. The van der Waals surface area contributed by atoms with Gasteiger partial charge < -0.3 is 10.0 Å². The Labute approximate surface area is 119 Å². The van der Waals surface area contributed by atoms with Crippen LogP contribution in [0.3, 0.4) is 0 Å². The van der Waals surface area contributed by atoms with Gasteiger partial charge in [0.25, 0.3) is 0 Å². The first-order chi connectivity index (χ1) is 9.40. The molecule has 0 aliphatic carbocycles. The average molecular weight is 279 g/mol. The van der Waals surface area contributed by atoms with Crippen LogP contribution >= 0.6 is 0 Å². The van der Waals surface area contributed by atoms with Crippen molar-refractivity contribution in [1.29, 1.82) is 0 Å². The Hall–Kier alpha value is -1.58. The highest BCUT2D eigenvalue weighted by Crippen LogP contribution is 2.29. The molecule has 2 rings (SSSR count). The first kappa shape index (κ1) is 14.8. The van der Waals surface area contributed by atoms with E-state index >= 15 is 0 Å². The summed E-state index contributed by atoms with van der Waals surface area (Å²) < 4.78 is 13.3. The zero-order chi connectivity index (χ0) is 14.8. The van der Waals surface area contributed by atoms with Crippen LogP contribution in [0.25, 0.3) is 0 Å². The van der Waals surface area contributed by atoms with E-state index in [1.807, 2.05) is 6.07 Å². The number of unbranched alkanes of at least 4 members (excludes halogenated alkanes) is 1. The highest BCUT2D eigenvalue weighted by Gasteiger charge is 2.26. The highest BCUT2D eigenvalue weighted by molar-refractivity contribution is 5.73. The summed E-state index contributed by atoms with van der Waals surface area (Å²) in [5.74, 6) is -0.936. The van der Waals surface area contributed by atoms with Crippen LogP contribution in [-0.4, -0.2) is 24.2 Å². The fraction of sp³-hybridized carbons (Fsp3) is 0.562. The van der Waals surface area contributed by atoms with E-state index in [-0.39, 0.29) is 5.82 Å². The summed E-state index contributed by atoms with van der Waals surface area (Å²) in [5, 5.41) is 9.06. The number of rotatable bonds is 6. The van der Waals surface area contributed by atoms with Gasteiger partial charge in [-0.1, -0.05) is 12.5 Å². The van der Waals surface area contributed by atoms with Crippen molar-refractivity contribution in [2.45, 2.75) is 39.5 Å². The van der Waals surface area contributed by atoms with E-state index in [4.69, 9.17) is 5.11 Å². The SMILES string of the molecule is CC(C)(CCCCN1CCc2ccc(F)cc21)C(=O)O. The number of fused-ring (bicyclic) bond motifs is 1. The summed E-state index contributed by atoms with van der Waals surface area (Å²) in [7, 11) is 0. The molecule has 0 bridgehead atoms. The summed E-state index contributed by atoms with van der Waals surface area (Å²) in [6.07, 6.45) is 3.45.